The quantitative estimate of drug-likeness (QED) is 0.110. The Balaban J connectivity index is 0.000000199. The zero-order valence-corrected chi connectivity index (χ0v) is 35.4. The van der Waals surface area contributed by atoms with Gasteiger partial charge in [0.1, 0.15) is 5.57 Å². The Morgan fingerprint density at radius 1 is 0.729 bits per heavy atom. The number of carbonyl (C=O) groups excluding carboxylic acids is 3. The number of halogens is 2. The van der Waals surface area contributed by atoms with Crippen molar-refractivity contribution in [3.8, 4) is 0 Å². The third kappa shape index (κ3) is 10.7. The smallest absolute Gasteiger partial charge is 0.350 e. The first-order valence-corrected chi connectivity index (χ1v) is 21.1. The summed E-state index contributed by atoms with van der Waals surface area (Å²) in [6.45, 7) is 6.82. The van der Waals surface area contributed by atoms with Gasteiger partial charge in [-0.05, 0) is 99.2 Å². The van der Waals surface area contributed by atoms with Crippen LogP contribution in [0.5, 0.6) is 0 Å². The van der Waals surface area contributed by atoms with E-state index in [4.69, 9.17) is 46.9 Å². The third-order valence-corrected chi connectivity index (χ3v) is 12.1. The second kappa shape index (κ2) is 20.1. The molecule has 11 heteroatoms. The molecule has 1 N–H and O–H groups in total. The van der Waals surface area contributed by atoms with Gasteiger partial charge in [0.05, 0.1) is 38.4 Å². The lowest BCUT2D eigenvalue weighted by atomic mass is 9.81. The summed E-state index contributed by atoms with van der Waals surface area (Å²) >= 11 is 12.6. The summed E-state index contributed by atoms with van der Waals surface area (Å²) in [7, 11) is 0. The summed E-state index contributed by atoms with van der Waals surface area (Å²) in [5.41, 5.74) is 3.24. The van der Waals surface area contributed by atoms with E-state index in [0.717, 1.165) is 35.1 Å². The van der Waals surface area contributed by atoms with Gasteiger partial charge in [-0.3, -0.25) is 4.79 Å². The molecule has 2 fully saturated rings. The van der Waals surface area contributed by atoms with Gasteiger partial charge in [0, 0.05) is 28.5 Å². The van der Waals surface area contributed by atoms with Crippen LogP contribution in [-0.4, -0.2) is 53.0 Å². The van der Waals surface area contributed by atoms with Gasteiger partial charge in [0.25, 0.3) is 0 Å². The highest BCUT2D eigenvalue weighted by Crippen LogP contribution is 2.47. The van der Waals surface area contributed by atoms with E-state index in [-0.39, 0.29) is 36.6 Å². The van der Waals surface area contributed by atoms with Crippen molar-refractivity contribution in [2.45, 2.75) is 115 Å². The molecule has 59 heavy (non-hydrogen) atoms. The minimum Gasteiger partial charge on any atom is -0.507 e. The fourth-order valence-corrected chi connectivity index (χ4v) is 8.64. The molecule has 312 valence electrons. The summed E-state index contributed by atoms with van der Waals surface area (Å²) in [6, 6.07) is 30.9. The van der Waals surface area contributed by atoms with Gasteiger partial charge < -0.3 is 28.8 Å². The minimum atomic E-state index is -1.27. The van der Waals surface area contributed by atoms with E-state index in [9.17, 15) is 19.5 Å². The summed E-state index contributed by atoms with van der Waals surface area (Å²) in [5, 5.41) is 11.9. The van der Waals surface area contributed by atoms with Gasteiger partial charge in [0.2, 0.25) is 5.60 Å². The zero-order chi connectivity index (χ0) is 42.0. The van der Waals surface area contributed by atoms with Gasteiger partial charge in [-0.1, -0.05) is 108 Å². The second-order valence-corrected chi connectivity index (χ2v) is 16.2. The largest absolute Gasteiger partial charge is 0.507 e. The lowest BCUT2D eigenvalue weighted by molar-refractivity contribution is -0.189. The van der Waals surface area contributed by atoms with Crippen molar-refractivity contribution in [1.29, 1.82) is 0 Å². The molecule has 4 aromatic carbocycles. The number of hydrogen-bond donors (Lipinski definition) is 1. The van der Waals surface area contributed by atoms with E-state index in [0.29, 0.717) is 72.9 Å². The molecule has 0 unspecified atom stereocenters. The van der Waals surface area contributed by atoms with Crippen molar-refractivity contribution in [3.63, 3.8) is 0 Å². The SMILES string of the molecule is CCOC(=O)C1(OC(=O)Cc2c(C)cccc2Cl)CCC(OCc2ccccc2)CC1.Cc1cccc(Cl)c1C1=C(O)C2(CCC(OCc3ccccc3)CC2)OC1=O. The molecule has 0 aromatic heterocycles. The first kappa shape index (κ1) is 43.9. The Labute approximate surface area is 356 Å². The molecule has 1 aliphatic heterocycles. The number of aliphatic hydroxyl groups is 1. The van der Waals surface area contributed by atoms with E-state index in [1.807, 2.05) is 98.8 Å². The van der Waals surface area contributed by atoms with Crippen molar-refractivity contribution < 1.29 is 43.2 Å². The Hall–Kier alpha value is -4.67. The predicted octanol–water partition coefficient (Wildman–Crippen LogP) is 10.6. The molecule has 0 amide bonds. The number of ether oxygens (including phenoxy) is 5. The predicted molar refractivity (Wildman–Crippen MR) is 227 cm³/mol. The average molecular weight is 844 g/mol. The molecule has 4 aromatic rings. The number of carbonyl (C=O) groups is 3. The van der Waals surface area contributed by atoms with E-state index >= 15 is 0 Å². The van der Waals surface area contributed by atoms with Gasteiger partial charge in [-0.25, -0.2) is 9.59 Å². The average Bonchev–Trinajstić information content (AvgIpc) is 3.47. The summed E-state index contributed by atoms with van der Waals surface area (Å²) in [4.78, 5) is 38.2. The number of aryl methyl sites for hydroxylation is 2. The van der Waals surface area contributed by atoms with Gasteiger partial charge in [-0.15, -0.1) is 0 Å². The monoisotopic (exact) mass is 842 g/mol. The van der Waals surface area contributed by atoms with Crippen LogP contribution in [0.2, 0.25) is 10.0 Å². The lowest BCUT2D eigenvalue weighted by Crippen LogP contribution is -2.48. The molecule has 2 saturated carbocycles. The number of rotatable bonds is 12. The van der Waals surface area contributed by atoms with Gasteiger partial charge >= 0.3 is 17.9 Å². The Bertz CT molecular complexity index is 2060. The lowest BCUT2D eigenvalue weighted by Gasteiger charge is -2.37. The van der Waals surface area contributed by atoms with Crippen LogP contribution in [-0.2, 0) is 57.7 Å². The highest BCUT2D eigenvalue weighted by atomic mass is 35.5. The summed E-state index contributed by atoms with van der Waals surface area (Å²) < 4.78 is 28.8. The van der Waals surface area contributed by atoms with Crippen LogP contribution in [0.4, 0.5) is 0 Å². The van der Waals surface area contributed by atoms with E-state index in [2.05, 4.69) is 0 Å². The molecule has 0 bridgehead atoms. The van der Waals surface area contributed by atoms with E-state index in [1.54, 1.807) is 19.1 Å². The topological polar surface area (TPSA) is 118 Å². The highest BCUT2D eigenvalue weighted by Gasteiger charge is 2.51. The van der Waals surface area contributed by atoms with Crippen molar-refractivity contribution in [2.75, 3.05) is 6.61 Å². The maximum Gasteiger partial charge on any atom is 0.350 e. The normalized spacial score (nSPS) is 22.6. The molecule has 3 aliphatic rings. The van der Waals surface area contributed by atoms with Crippen molar-refractivity contribution >= 4 is 46.7 Å². The van der Waals surface area contributed by atoms with Gasteiger partial charge in [0.15, 0.2) is 11.4 Å². The van der Waals surface area contributed by atoms with Crippen LogP contribution in [0.1, 0.15) is 91.7 Å². The van der Waals surface area contributed by atoms with Crippen molar-refractivity contribution in [1.82, 2.24) is 0 Å². The number of benzene rings is 4. The van der Waals surface area contributed by atoms with E-state index in [1.165, 1.54) is 0 Å². The minimum absolute atomic E-state index is 0.00673. The fourth-order valence-electron chi connectivity index (χ4n) is 8.03. The van der Waals surface area contributed by atoms with Crippen LogP contribution in [0.15, 0.2) is 103 Å². The molecular formula is C48H52Cl2O9. The molecule has 1 heterocycles. The molecule has 2 aliphatic carbocycles. The van der Waals surface area contributed by atoms with Crippen LogP contribution in [0.25, 0.3) is 5.57 Å². The number of aliphatic hydroxyl groups excluding tert-OH is 1. The molecule has 1 spiro atoms. The number of hydrogen-bond acceptors (Lipinski definition) is 9. The molecular weight excluding hydrogens is 791 g/mol. The zero-order valence-electron chi connectivity index (χ0n) is 33.8. The van der Waals surface area contributed by atoms with Crippen LogP contribution >= 0.6 is 23.2 Å². The summed E-state index contributed by atoms with van der Waals surface area (Å²) in [5.74, 6) is -1.46. The van der Waals surface area contributed by atoms with Crippen molar-refractivity contribution in [2.24, 2.45) is 0 Å². The maximum atomic E-state index is 12.8. The van der Waals surface area contributed by atoms with E-state index < -0.39 is 29.1 Å². The Kier molecular flexibility index (Phi) is 14.9. The highest BCUT2D eigenvalue weighted by molar-refractivity contribution is 6.35. The standard InChI is InChI=1S/C25H29ClO5.C23H23ClO4/c1-3-29-24(28)25(31-23(27)16-21-18(2)8-7-11-22(21)26)14-12-20(13-15-25)30-17-19-9-5-4-6-10-19;1-15-6-5-9-18(24)19(15)20-21(25)23(28-22(20)26)12-10-17(11-13-23)27-14-16-7-3-2-4-8-16/h4-11,20H,3,12-17H2,1-2H3;2-9,17,25H,10-14H2,1H3. The molecule has 0 atom stereocenters. The van der Waals surface area contributed by atoms with Crippen molar-refractivity contribution in [3.05, 3.63) is 146 Å². The summed E-state index contributed by atoms with van der Waals surface area (Å²) in [6.07, 6.45) is 4.60. The Morgan fingerprint density at radius 3 is 1.78 bits per heavy atom. The van der Waals surface area contributed by atoms with Crippen LogP contribution in [0, 0.1) is 13.8 Å². The molecule has 0 radical (unpaired) electrons. The fraction of sp³-hybridized carbons (Fsp3) is 0.396. The van der Waals surface area contributed by atoms with Crippen LogP contribution in [0.3, 0.4) is 0 Å². The molecule has 7 rings (SSSR count). The molecule has 0 saturated heterocycles. The van der Waals surface area contributed by atoms with Gasteiger partial charge in [-0.2, -0.15) is 0 Å². The van der Waals surface area contributed by atoms with Crippen LogP contribution < -0.4 is 0 Å². The number of esters is 3. The third-order valence-electron chi connectivity index (χ3n) is 11.4. The second-order valence-electron chi connectivity index (χ2n) is 15.4. The maximum absolute atomic E-state index is 12.8. The first-order valence-electron chi connectivity index (χ1n) is 20.3. The molecule has 9 nitrogen and oxygen atoms in total. The first-order chi connectivity index (χ1) is 28.4. The Morgan fingerprint density at radius 2 is 1.25 bits per heavy atom.